The van der Waals surface area contributed by atoms with Crippen molar-refractivity contribution < 1.29 is 14.6 Å². The Morgan fingerprint density at radius 1 is 1.71 bits per heavy atom. The highest BCUT2D eigenvalue weighted by molar-refractivity contribution is 9.11. The topological polar surface area (TPSA) is 46.5 Å². The molecule has 0 aliphatic heterocycles. The van der Waals surface area contributed by atoms with Crippen LogP contribution in [0.5, 0.6) is 0 Å². The zero-order valence-corrected chi connectivity index (χ0v) is 9.79. The summed E-state index contributed by atoms with van der Waals surface area (Å²) in [6.07, 6.45) is 1.58. The maximum atomic E-state index is 11.2. The molecule has 1 rings (SSSR count). The number of ether oxygens (including phenoxy) is 1. The molecule has 0 spiro atoms. The number of rotatable bonds is 3. The zero-order valence-electron chi connectivity index (χ0n) is 8.20. The number of carbonyl (C=O) groups is 1. The van der Waals surface area contributed by atoms with Crippen molar-refractivity contribution in [1.82, 2.24) is 0 Å². The van der Waals surface area contributed by atoms with Gasteiger partial charge in [0.1, 0.15) is 0 Å². The van der Waals surface area contributed by atoms with Gasteiger partial charge in [-0.25, -0.2) is 0 Å². The molecule has 1 saturated carbocycles. The van der Waals surface area contributed by atoms with Gasteiger partial charge in [-0.15, -0.1) is 0 Å². The first-order valence-electron chi connectivity index (χ1n) is 4.82. The molecular formula is C10H15BrO3. The van der Waals surface area contributed by atoms with E-state index < -0.39 is 6.10 Å². The largest absolute Gasteiger partial charge is 0.466 e. The van der Waals surface area contributed by atoms with E-state index in [1.54, 1.807) is 11.9 Å². The summed E-state index contributed by atoms with van der Waals surface area (Å²) in [4.78, 5) is 13.0. The third-order valence-corrected chi connectivity index (χ3v) is 3.02. The first kappa shape index (κ1) is 11.7. The number of esters is 1. The van der Waals surface area contributed by atoms with Crippen molar-refractivity contribution in [2.45, 2.75) is 32.3 Å². The third-order valence-electron chi connectivity index (χ3n) is 2.49. The molecule has 3 nitrogen and oxygen atoms in total. The summed E-state index contributed by atoms with van der Waals surface area (Å²) in [5.74, 6) is -0.0399. The molecular weight excluding hydrogens is 248 g/mol. The van der Waals surface area contributed by atoms with Crippen LogP contribution < -0.4 is 0 Å². The van der Waals surface area contributed by atoms with Crippen molar-refractivity contribution in [3.8, 4) is 0 Å². The van der Waals surface area contributed by atoms with Gasteiger partial charge in [-0.2, -0.15) is 0 Å². The minimum Gasteiger partial charge on any atom is -0.466 e. The minimum atomic E-state index is -0.395. The van der Waals surface area contributed by atoms with E-state index >= 15 is 0 Å². The lowest BCUT2D eigenvalue weighted by Crippen LogP contribution is -2.12. The van der Waals surface area contributed by atoms with Crippen LogP contribution >= 0.6 is 15.9 Å². The Balaban J connectivity index is 2.49. The molecule has 1 N–H and O–H groups in total. The standard InChI is InChI=1S/C10H15BrO3/c1-2-14-10(13)5-7-3-4-9(12)8(7)6-11/h6-7,9,12H,2-5H2,1H3/b8-6+. The molecule has 0 amide bonds. The quantitative estimate of drug-likeness (QED) is 0.792. The van der Waals surface area contributed by atoms with Crippen LogP contribution in [0.3, 0.4) is 0 Å². The van der Waals surface area contributed by atoms with Crippen LogP contribution in [0.15, 0.2) is 10.6 Å². The van der Waals surface area contributed by atoms with Gasteiger partial charge in [-0.1, -0.05) is 15.9 Å². The summed E-state index contributed by atoms with van der Waals surface area (Å²) in [6.45, 7) is 2.21. The Kier molecular flexibility index (Phi) is 4.62. The molecule has 0 aromatic rings. The van der Waals surface area contributed by atoms with Crippen molar-refractivity contribution in [2.75, 3.05) is 6.61 Å². The second-order valence-corrected chi connectivity index (χ2v) is 3.87. The van der Waals surface area contributed by atoms with E-state index in [-0.39, 0.29) is 11.9 Å². The first-order valence-corrected chi connectivity index (χ1v) is 5.74. The van der Waals surface area contributed by atoms with Crippen LogP contribution in [-0.4, -0.2) is 23.8 Å². The monoisotopic (exact) mass is 262 g/mol. The Bertz CT molecular complexity index is 238. The lowest BCUT2D eigenvalue weighted by atomic mass is 10.00. The highest BCUT2D eigenvalue weighted by Gasteiger charge is 2.30. The van der Waals surface area contributed by atoms with Gasteiger partial charge in [-0.05, 0) is 36.2 Å². The van der Waals surface area contributed by atoms with E-state index in [2.05, 4.69) is 15.9 Å². The van der Waals surface area contributed by atoms with Crippen molar-refractivity contribution in [2.24, 2.45) is 5.92 Å². The predicted molar refractivity (Wildman–Crippen MR) is 57.0 cm³/mol. The fraction of sp³-hybridized carbons (Fsp3) is 0.700. The first-order chi connectivity index (χ1) is 6.69. The zero-order chi connectivity index (χ0) is 10.6. The van der Waals surface area contributed by atoms with E-state index in [4.69, 9.17) is 4.74 Å². The number of aliphatic hydroxyl groups excluding tert-OH is 1. The van der Waals surface area contributed by atoms with Gasteiger partial charge in [0.05, 0.1) is 19.1 Å². The predicted octanol–water partition coefficient (Wildman–Crippen LogP) is 1.99. The Morgan fingerprint density at radius 2 is 2.43 bits per heavy atom. The molecule has 0 aromatic carbocycles. The maximum Gasteiger partial charge on any atom is 0.306 e. The Morgan fingerprint density at radius 3 is 3.00 bits per heavy atom. The summed E-state index contributed by atoms with van der Waals surface area (Å²) in [6, 6.07) is 0. The molecule has 0 saturated heterocycles. The van der Waals surface area contributed by atoms with E-state index in [1.807, 2.05) is 0 Å². The molecule has 2 unspecified atom stereocenters. The smallest absolute Gasteiger partial charge is 0.306 e. The summed E-state index contributed by atoms with van der Waals surface area (Å²) in [5.41, 5.74) is 0.915. The van der Waals surface area contributed by atoms with Crippen molar-refractivity contribution in [1.29, 1.82) is 0 Å². The van der Waals surface area contributed by atoms with Crippen LogP contribution in [0, 0.1) is 5.92 Å². The number of hydrogen-bond donors (Lipinski definition) is 1. The van der Waals surface area contributed by atoms with Crippen molar-refractivity contribution >= 4 is 21.9 Å². The number of halogens is 1. The van der Waals surface area contributed by atoms with Gasteiger partial charge >= 0.3 is 5.97 Å². The summed E-state index contributed by atoms with van der Waals surface area (Å²) in [5, 5.41) is 9.55. The van der Waals surface area contributed by atoms with Gasteiger partial charge in [-0.3, -0.25) is 4.79 Å². The summed E-state index contributed by atoms with van der Waals surface area (Å²) in [7, 11) is 0. The summed E-state index contributed by atoms with van der Waals surface area (Å²) < 4.78 is 4.87. The Labute approximate surface area is 92.3 Å². The van der Waals surface area contributed by atoms with Gasteiger partial charge in [0.2, 0.25) is 0 Å². The Hall–Kier alpha value is -0.350. The molecule has 2 atom stereocenters. The van der Waals surface area contributed by atoms with E-state index in [0.29, 0.717) is 13.0 Å². The third kappa shape index (κ3) is 2.82. The second kappa shape index (κ2) is 5.51. The molecule has 0 bridgehead atoms. The average molecular weight is 263 g/mol. The fourth-order valence-electron chi connectivity index (χ4n) is 1.77. The molecule has 0 radical (unpaired) electrons. The SMILES string of the molecule is CCOC(=O)CC1CCC(O)/C1=C/Br. The molecule has 0 heterocycles. The summed E-state index contributed by atoms with van der Waals surface area (Å²) >= 11 is 3.21. The van der Waals surface area contributed by atoms with Gasteiger partial charge < -0.3 is 9.84 Å². The fourth-order valence-corrected chi connectivity index (χ4v) is 2.45. The average Bonchev–Trinajstić information content (AvgIpc) is 2.47. The van der Waals surface area contributed by atoms with Crippen molar-refractivity contribution in [3.63, 3.8) is 0 Å². The number of hydrogen-bond acceptors (Lipinski definition) is 3. The minimum absolute atomic E-state index is 0.142. The number of carbonyl (C=O) groups excluding carboxylic acids is 1. The van der Waals surface area contributed by atoms with Crippen molar-refractivity contribution in [3.05, 3.63) is 10.6 Å². The molecule has 1 aliphatic rings. The second-order valence-electron chi connectivity index (χ2n) is 3.41. The molecule has 4 heteroatoms. The van der Waals surface area contributed by atoms with Gasteiger partial charge in [0.15, 0.2) is 0 Å². The molecule has 0 aromatic heterocycles. The number of aliphatic hydroxyl groups is 1. The molecule has 1 fully saturated rings. The van der Waals surface area contributed by atoms with E-state index in [0.717, 1.165) is 18.4 Å². The highest BCUT2D eigenvalue weighted by atomic mass is 79.9. The van der Waals surface area contributed by atoms with Crippen LogP contribution in [-0.2, 0) is 9.53 Å². The van der Waals surface area contributed by atoms with E-state index in [9.17, 15) is 9.90 Å². The molecule has 1 aliphatic carbocycles. The lowest BCUT2D eigenvalue weighted by molar-refractivity contribution is -0.143. The highest BCUT2D eigenvalue weighted by Crippen LogP contribution is 2.34. The lowest BCUT2D eigenvalue weighted by Gasteiger charge is -2.11. The van der Waals surface area contributed by atoms with Gasteiger partial charge in [0, 0.05) is 0 Å². The normalized spacial score (nSPS) is 29.5. The molecule has 14 heavy (non-hydrogen) atoms. The molecule has 80 valence electrons. The maximum absolute atomic E-state index is 11.2. The van der Waals surface area contributed by atoms with Crippen LogP contribution in [0.2, 0.25) is 0 Å². The van der Waals surface area contributed by atoms with Gasteiger partial charge in [0.25, 0.3) is 0 Å². The van der Waals surface area contributed by atoms with Crippen LogP contribution in [0.1, 0.15) is 26.2 Å². The van der Waals surface area contributed by atoms with Crippen LogP contribution in [0.25, 0.3) is 0 Å². The van der Waals surface area contributed by atoms with Crippen LogP contribution in [0.4, 0.5) is 0 Å². The van der Waals surface area contributed by atoms with E-state index in [1.165, 1.54) is 0 Å².